The van der Waals surface area contributed by atoms with Gasteiger partial charge in [0.2, 0.25) is 0 Å². The topological polar surface area (TPSA) is 39.2 Å². The van der Waals surface area contributed by atoms with Crippen molar-refractivity contribution in [3.63, 3.8) is 0 Å². The van der Waals surface area contributed by atoms with Gasteiger partial charge in [-0.15, -0.1) is 11.3 Å². The third-order valence-corrected chi connectivity index (χ3v) is 4.61. The molecule has 0 spiro atoms. The van der Waals surface area contributed by atoms with E-state index >= 15 is 0 Å². The van der Waals surface area contributed by atoms with Gasteiger partial charge in [0.1, 0.15) is 10.8 Å². The van der Waals surface area contributed by atoms with Crippen molar-refractivity contribution in [1.82, 2.24) is 4.98 Å². The zero-order chi connectivity index (χ0) is 13.1. The zero-order valence-corrected chi connectivity index (χ0v) is 12.2. The van der Waals surface area contributed by atoms with E-state index in [2.05, 4.69) is 11.9 Å². The fourth-order valence-corrected chi connectivity index (χ4v) is 3.35. The minimum absolute atomic E-state index is 0.323. The maximum Gasteiger partial charge on any atom is 0.139 e. The normalized spacial score (nSPS) is 22.8. The van der Waals surface area contributed by atoms with Crippen LogP contribution in [0.3, 0.4) is 0 Å². The highest BCUT2D eigenvalue weighted by atomic mass is 32.1. The van der Waals surface area contributed by atoms with Gasteiger partial charge in [-0.05, 0) is 39.5 Å². The highest BCUT2D eigenvalue weighted by Crippen LogP contribution is 2.33. The van der Waals surface area contributed by atoms with Crippen LogP contribution in [0.4, 0.5) is 0 Å². The fourth-order valence-electron chi connectivity index (χ4n) is 2.39. The second kappa shape index (κ2) is 5.93. The minimum Gasteiger partial charge on any atom is -0.378 e. The Morgan fingerprint density at radius 1 is 1.44 bits per heavy atom. The molecule has 0 atom stereocenters. The summed E-state index contributed by atoms with van der Waals surface area (Å²) in [5, 5.41) is 0.968. The predicted octanol–water partition coefficient (Wildman–Crippen LogP) is 3.08. The summed E-state index contributed by atoms with van der Waals surface area (Å²) in [6, 6.07) is 0. The molecule has 0 aromatic carbocycles. The Morgan fingerprint density at radius 2 is 2.17 bits per heavy atom. The van der Waals surface area contributed by atoms with Crippen LogP contribution < -0.4 is 0 Å². The molecule has 1 saturated carbocycles. The Bertz CT molecular complexity index is 402. The van der Waals surface area contributed by atoms with E-state index in [0.717, 1.165) is 30.2 Å². The molecule has 0 amide bonds. The monoisotopic (exact) mass is 267 g/mol. The summed E-state index contributed by atoms with van der Waals surface area (Å²) >= 11 is 1.65. The number of rotatable bonds is 6. The van der Waals surface area contributed by atoms with E-state index in [0.29, 0.717) is 30.6 Å². The van der Waals surface area contributed by atoms with Gasteiger partial charge in [-0.1, -0.05) is 0 Å². The molecule has 1 aliphatic rings. The molecule has 0 saturated heterocycles. The highest BCUT2D eigenvalue weighted by Gasteiger charge is 2.31. The van der Waals surface area contributed by atoms with Gasteiger partial charge in [0, 0.05) is 17.9 Å². The smallest absolute Gasteiger partial charge is 0.139 e. The first kappa shape index (κ1) is 13.7. The number of ether oxygens (including phenoxy) is 1. The molecule has 0 bridgehead atoms. The lowest BCUT2D eigenvalue weighted by Gasteiger charge is -2.34. The standard InChI is InChI=1S/C14H21NO2S/c1-4-17-13-6-11(7-13)5-12(16)8-14-15-9(2)10(3)18-14/h11,13H,4-8H2,1-3H3. The second-order valence-corrected chi connectivity index (χ2v) is 6.37. The number of carbonyl (C=O) groups excluding carboxylic acids is 1. The number of Topliss-reactive ketones (excluding diaryl/α,β-unsaturated/α-hetero) is 1. The van der Waals surface area contributed by atoms with Gasteiger partial charge in [-0.25, -0.2) is 4.98 Å². The van der Waals surface area contributed by atoms with Crippen molar-refractivity contribution in [2.24, 2.45) is 5.92 Å². The van der Waals surface area contributed by atoms with Crippen LogP contribution in [-0.4, -0.2) is 23.5 Å². The lowest BCUT2D eigenvalue weighted by Crippen LogP contribution is -2.33. The number of aryl methyl sites for hydroxylation is 2. The van der Waals surface area contributed by atoms with Crippen molar-refractivity contribution < 1.29 is 9.53 Å². The summed E-state index contributed by atoms with van der Waals surface area (Å²) in [5.41, 5.74) is 1.06. The van der Waals surface area contributed by atoms with Gasteiger partial charge in [0.05, 0.1) is 18.2 Å². The fraction of sp³-hybridized carbons (Fsp3) is 0.714. The molecule has 1 aliphatic carbocycles. The molecular weight excluding hydrogens is 246 g/mol. The molecule has 2 rings (SSSR count). The Balaban J connectivity index is 1.73. The minimum atomic E-state index is 0.323. The van der Waals surface area contributed by atoms with Crippen molar-refractivity contribution in [2.45, 2.75) is 52.6 Å². The molecule has 0 aliphatic heterocycles. The average molecular weight is 267 g/mol. The first-order valence-corrected chi connectivity index (χ1v) is 7.46. The quantitative estimate of drug-likeness (QED) is 0.795. The van der Waals surface area contributed by atoms with E-state index in [9.17, 15) is 4.79 Å². The number of nitrogens with zero attached hydrogens (tertiary/aromatic N) is 1. The molecular formula is C14H21NO2S. The summed E-state index contributed by atoms with van der Waals surface area (Å²) in [4.78, 5) is 17.6. The highest BCUT2D eigenvalue weighted by molar-refractivity contribution is 7.11. The van der Waals surface area contributed by atoms with Crippen LogP contribution in [0.15, 0.2) is 0 Å². The predicted molar refractivity (Wildman–Crippen MR) is 73.1 cm³/mol. The van der Waals surface area contributed by atoms with Crippen molar-refractivity contribution in [2.75, 3.05) is 6.61 Å². The van der Waals surface area contributed by atoms with Gasteiger partial charge in [-0.3, -0.25) is 4.79 Å². The van der Waals surface area contributed by atoms with Crippen LogP contribution in [0.2, 0.25) is 0 Å². The first-order valence-electron chi connectivity index (χ1n) is 6.64. The van der Waals surface area contributed by atoms with Crippen molar-refractivity contribution in [3.05, 3.63) is 15.6 Å². The molecule has 1 aromatic heterocycles. The number of thiazole rings is 1. The number of aromatic nitrogens is 1. The maximum absolute atomic E-state index is 11.9. The van der Waals surface area contributed by atoms with Gasteiger partial charge >= 0.3 is 0 Å². The van der Waals surface area contributed by atoms with E-state index in [1.807, 2.05) is 13.8 Å². The van der Waals surface area contributed by atoms with Crippen molar-refractivity contribution in [3.8, 4) is 0 Å². The van der Waals surface area contributed by atoms with Crippen molar-refractivity contribution in [1.29, 1.82) is 0 Å². The number of carbonyl (C=O) groups is 1. The SMILES string of the molecule is CCOC1CC(CC(=O)Cc2nc(C)c(C)s2)C1. The van der Waals surface area contributed by atoms with Gasteiger partial charge in [0.25, 0.3) is 0 Å². The Labute approximate surface area is 113 Å². The first-order chi connectivity index (χ1) is 8.58. The maximum atomic E-state index is 11.9. The largest absolute Gasteiger partial charge is 0.378 e. The van der Waals surface area contributed by atoms with E-state index in [1.165, 1.54) is 4.88 Å². The van der Waals surface area contributed by atoms with Crippen LogP contribution >= 0.6 is 11.3 Å². The number of hydrogen-bond donors (Lipinski definition) is 0. The lowest BCUT2D eigenvalue weighted by atomic mass is 9.79. The number of ketones is 1. The Morgan fingerprint density at radius 3 is 2.72 bits per heavy atom. The van der Waals surface area contributed by atoms with Gasteiger partial charge in [-0.2, -0.15) is 0 Å². The van der Waals surface area contributed by atoms with Crippen molar-refractivity contribution >= 4 is 17.1 Å². The van der Waals surface area contributed by atoms with Crippen LogP contribution in [0.1, 0.15) is 41.8 Å². The Kier molecular flexibility index (Phi) is 4.51. The van der Waals surface area contributed by atoms with Crippen LogP contribution in [0.25, 0.3) is 0 Å². The molecule has 0 N–H and O–H groups in total. The van der Waals surface area contributed by atoms with Crippen LogP contribution in [-0.2, 0) is 16.0 Å². The molecule has 100 valence electrons. The van der Waals surface area contributed by atoms with E-state index in [1.54, 1.807) is 11.3 Å². The molecule has 3 nitrogen and oxygen atoms in total. The molecule has 0 radical (unpaired) electrons. The molecule has 1 heterocycles. The Hall–Kier alpha value is -0.740. The van der Waals surface area contributed by atoms with Gasteiger partial charge < -0.3 is 4.74 Å². The molecule has 0 unspecified atom stereocenters. The third-order valence-electron chi connectivity index (χ3n) is 3.53. The summed E-state index contributed by atoms with van der Waals surface area (Å²) < 4.78 is 5.51. The van der Waals surface area contributed by atoms with Gasteiger partial charge in [0.15, 0.2) is 0 Å². The van der Waals surface area contributed by atoms with Crippen LogP contribution in [0.5, 0.6) is 0 Å². The average Bonchev–Trinajstić information content (AvgIpc) is 2.55. The second-order valence-electron chi connectivity index (χ2n) is 5.08. The lowest BCUT2D eigenvalue weighted by molar-refractivity contribution is -0.121. The van der Waals surface area contributed by atoms with E-state index in [4.69, 9.17) is 4.74 Å². The summed E-state index contributed by atoms with van der Waals surface area (Å²) in [5.74, 6) is 0.861. The summed E-state index contributed by atoms with van der Waals surface area (Å²) in [6.07, 6.45) is 3.71. The molecule has 1 aromatic rings. The van der Waals surface area contributed by atoms with E-state index < -0.39 is 0 Å². The molecule has 4 heteroatoms. The molecule has 1 fully saturated rings. The third kappa shape index (κ3) is 3.39. The summed E-state index contributed by atoms with van der Waals surface area (Å²) in [6.45, 7) is 6.85. The summed E-state index contributed by atoms with van der Waals surface area (Å²) in [7, 11) is 0. The van der Waals surface area contributed by atoms with Crippen LogP contribution in [0, 0.1) is 19.8 Å². The zero-order valence-electron chi connectivity index (χ0n) is 11.4. The number of hydrogen-bond acceptors (Lipinski definition) is 4. The molecule has 18 heavy (non-hydrogen) atoms. The van der Waals surface area contributed by atoms with E-state index in [-0.39, 0.29) is 0 Å².